The number of H-pyrrole nitrogens is 1. The fourth-order valence-electron chi connectivity index (χ4n) is 3.05. The molecule has 1 aliphatic heterocycles. The van der Waals surface area contributed by atoms with Crippen LogP contribution < -0.4 is 5.32 Å². The van der Waals surface area contributed by atoms with E-state index in [-0.39, 0.29) is 0 Å². The van der Waals surface area contributed by atoms with Crippen LogP contribution in [0, 0.1) is 0 Å². The number of hydrogen-bond acceptors (Lipinski definition) is 3. The third-order valence-corrected chi connectivity index (χ3v) is 4.30. The van der Waals surface area contributed by atoms with Crippen molar-refractivity contribution in [2.75, 3.05) is 19.6 Å². The zero-order valence-electron chi connectivity index (χ0n) is 13.1. The molecule has 2 N–H and O–H groups in total. The Bertz CT molecular complexity index is 374. The number of likely N-dealkylation sites (tertiary alicyclic amines) is 1. The number of hydrogen-bond donors (Lipinski definition) is 2. The zero-order chi connectivity index (χ0) is 14.2. The van der Waals surface area contributed by atoms with Crippen LogP contribution in [0.4, 0.5) is 0 Å². The summed E-state index contributed by atoms with van der Waals surface area (Å²) in [6.07, 6.45) is 9.58. The van der Waals surface area contributed by atoms with Gasteiger partial charge in [0.15, 0.2) is 0 Å². The predicted octanol–water partition coefficient (Wildman–Crippen LogP) is 2.72. The summed E-state index contributed by atoms with van der Waals surface area (Å²) in [4.78, 5) is 10.5. The molecular weight excluding hydrogens is 248 g/mol. The van der Waals surface area contributed by atoms with Crippen LogP contribution in [-0.2, 0) is 13.0 Å². The number of aromatic amines is 1. The highest BCUT2D eigenvalue weighted by Crippen LogP contribution is 2.15. The Morgan fingerprint density at radius 2 is 2.30 bits per heavy atom. The molecule has 0 amide bonds. The van der Waals surface area contributed by atoms with Crippen LogP contribution in [0.15, 0.2) is 6.20 Å². The quantitative estimate of drug-likeness (QED) is 0.768. The fraction of sp³-hybridized carbons (Fsp3) is 0.812. The second-order valence-electron chi connectivity index (χ2n) is 5.87. The molecular formula is C16H30N4. The van der Waals surface area contributed by atoms with E-state index in [2.05, 4.69) is 34.0 Å². The van der Waals surface area contributed by atoms with E-state index >= 15 is 0 Å². The minimum Gasteiger partial charge on any atom is -0.345 e. The minimum atomic E-state index is 0.719. The number of aromatic nitrogens is 2. The lowest BCUT2D eigenvalue weighted by molar-refractivity contribution is 0.153. The normalized spacial score (nSPS) is 20.4. The molecule has 4 nitrogen and oxygen atoms in total. The molecule has 1 unspecified atom stereocenters. The van der Waals surface area contributed by atoms with E-state index in [1.807, 2.05) is 6.20 Å². The molecule has 0 aliphatic carbocycles. The number of unbranched alkanes of at least 4 members (excludes halogenated alkanes) is 1. The second-order valence-corrected chi connectivity index (χ2v) is 5.87. The number of nitrogens with zero attached hydrogens (tertiary/aromatic N) is 2. The molecule has 0 radical (unpaired) electrons. The van der Waals surface area contributed by atoms with Gasteiger partial charge in [-0.05, 0) is 32.4 Å². The summed E-state index contributed by atoms with van der Waals surface area (Å²) in [7, 11) is 0. The second kappa shape index (κ2) is 8.42. The summed E-state index contributed by atoms with van der Waals surface area (Å²) in [5.41, 5.74) is 1.22. The molecule has 0 spiro atoms. The summed E-state index contributed by atoms with van der Waals surface area (Å²) >= 11 is 0. The summed E-state index contributed by atoms with van der Waals surface area (Å²) in [5.74, 6) is 1.14. The zero-order valence-corrected chi connectivity index (χ0v) is 13.1. The lowest BCUT2D eigenvalue weighted by Crippen LogP contribution is -2.45. The van der Waals surface area contributed by atoms with Gasteiger partial charge in [-0.1, -0.05) is 26.7 Å². The van der Waals surface area contributed by atoms with Crippen LogP contribution in [0.2, 0.25) is 0 Å². The van der Waals surface area contributed by atoms with Crippen molar-refractivity contribution in [2.24, 2.45) is 0 Å². The van der Waals surface area contributed by atoms with Crippen molar-refractivity contribution >= 4 is 0 Å². The van der Waals surface area contributed by atoms with Crippen molar-refractivity contribution in [3.8, 4) is 0 Å². The van der Waals surface area contributed by atoms with Crippen molar-refractivity contribution in [2.45, 2.75) is 65.0 Å². The lowest BCUT2D eigenvalue weighted by atomic mass is 10.0. The highest BCUT2D eigenvalue weighted by atomic mass is 15.2. The Labute approximate surface area is 123 Å². The Morgan fingerprint density at radius 1 is 1.40 bits per heavy atom. The highest BCUT2D eigenvalue weighted by molar-refractivity contribution is 5.01. The van der Waals surface area contributed by atoms with Gasteiger partial charge in [-0.2, -0.15) is 0 Å². The fourth-order valence-corrected chi connectivity index (χ4v) is 3.05. The van der Waals surface area contributed by atoms with Gasteiger partial charge in [0, 0.05) is 37.4 Å². The maximum absolute atomic E-state index is 4.44. The molecule has 2 rings (SSSR count). The third kappa shape index (κ3) is 4.60. The van der Waals surface area contributed by atoms with Gasteiger partial charge in [0.1, 0.15) is 5.82 Å². The molecule has 2 heterocycles. The summed E-state index contributed by atoms with van der Waals surface area (Å²) in [5, 5.41) is 3.59. The van der Waals surface area contributed by atoms with Gasteiger partial charge in [0.2, 0.25) is 0 Å². The summed E-state index contributed by atoms with van der Waals surface area (Å²) in [6.45, 7) is 8.94. The van der Waals surface area contributed by atoms with E-state index in [9.17, 15) is 0 Å². The van der Waals surface area contributed by atoms with Crippen molar-refractivity contribution in [3.63, 3.8) is 0 Å². The van der Waals surface area contributed by atoms with Crippen LogP contribution in [0.1, 0.15) is 57.5 Å². The summed E-state index contributed by atoms with van der Waals surface area (Å²) < 4.78 is 0. The monoisotopic (exact) mass is 278 g/mol. The van der Waals surface area contributed by atoms with E-state index in [1.165, 1.54) is 50.9 Å². The molecule has 1 saturated heterocycles. The minimum absolute atomic E-state index is 0.719. The van der Waals surface area contributed by atoms with E-state index in [4.69, 9.17) is 0 Å². The van der Waals surface area contributed by atoms with E-state index in [1.54, 1.807) is 0 Å². The number of imidazole rings is 1. The average molecular weight is 278 g/mol. The molecule has 1 aromatic heterocycles. The number of aryl methyl sites for hydroxylation is 1. The molecule has 20 heavy (non-hydrogen) atoms. The van der Waals surface area contributed by atoms with Crippen LogP contribution >= 0.6 is 0 Å². The topological polar surface area (TPSA) is 44.0 Å². The maximum Gasteiger partial charge on any atom is 0.106 e. The lowest BCUT2D eigenvalue weighted by Gasteiger charge is -2.35. The van der Waals surface area contributed by atoms with Crippen LogP contribution in [0.5, 0.6) is 0 Å². The molecule has 0 bridgehead atoms. The van der Waals surface area contributed by atoms with Gasteiger partial charge < -0.3 is 10.3 Å². The number of nitrogens with one attached hydrogen (secondary N) is 2. The Morgan fingerprint density at radius 3 is 3.10 bits per heavy atom. The molecule has 1 aromatic rings. The largest absolute Gasteiger partial charge is 0.345 e. The molecule has 1 aliphatic rings. The Hall–Kier alpha value is -0.870. The van der Waals surface area contributed by atoms with Crippen LogP contribution in [0.3, 0.4) is 0 Å². The average Bonchev–Trinajstić information content (AvgIpc) is 2.93. The van der Waals surface area contributed by atoms with Crippen molar-refractivity contribution in [3.05, 3.63) is 17.7 Å². The molecule has 114 valence electrons. The first-order chi connectivity index (χ1) is 9.83. The van der Waals surface area contributed by atoms with Gasteiger partial charge in [0.05, 0.1) is 0 Å². The maximum atomic E-state index is 4.44. The highest BCUT2D eigenvalue weighted by Gasteiger charge is 2.20. The number of rotatable bonds is 8. The van der Waals surface area contributed by atoms with E-state index in [0.29, 0.717) is 0 Å². The van der Waals surface area contributed by atoms with Gasteiger partial charge in [-0.15, -0.1) is 0 Å². The standard InChI is InChI=1S/C16H30N4/c1-3-5-9-16-18-12-14(19-16)11-17-13-15-8-6-7-10-20(15)4-2/h12,15,17H,3-11,13H2,1-2H3,(H,18,19). The molecule has 0 saturated carbocycles. The van der Waals surface area contributed by atoms with Crippen LogP contribution in [0.25, 0.3) is 0 Å². The van der Waals surface area contributed by atoms with Gasteiger partial charge in [-0.3, -0.25) is 4.90 Å². The summed E-state index contributed by atoms with van der Waals surface area (Å²) in [6, 6.07) is 0.719. The SMILES string of the molecule is CCCCc1ncc(CNCC2CCCCN2CC)[nH]1. The number of likely N-dealkylation sites (N-methyl/N-ethyl adjacent to an activating group) is 1. The first kappa shape index (κ1) is 15.5. The van der Waals surface area contributed by atoms with Gasteiger partial charge in [0.25, 0.3) is 0 Å². The Kier molecular flexibility index (Phi) is 6.54. The Balaban J connectivity index is 1.70. The van der Waals surface area contributed by atoms with Crippen molar-refractivity contribution in [1.29, 1.82) is 0 Å². The van der Waals surface area contributed by atoms with E-state index in [0.717, 1.165) is 31.4 Å². The van der Waals surface area contributed by atoms with Crippen molar-refractivity contribution < 1.29 is 0 Å². The molecule has 0 aromatic carbocycles. The first-order valence-electron chi connectivity index (χ1n) is 8.31. The smallest absolute Gasteiger partial charge is 0.106 e. The predicted molar refractivity (Wildman–Crippen MR) is 83.8 cm³/mol. The van der Waals surface area contributed by atoms with Crippen molar-refractivity contribution in [1.82, 2.24) is 20.2 Å². The molecule has 1 fully saturated rings. The van der Waals surface area contributed by atoms with E-state index < -0.39 is 0 Å². The molecule has 4 heteroatoms. The number of piperidine rings is 1. The third-order valence-electron chi connectivity index (χ3n) is 4.30. The van der Waals surface area contributed by atoms with Gasteiger partial charge in [-0.25, -0.2) is 4.98 Å². The first-order valence-corrected chi connectivity index (χ1v) is 8.31. The van der Waals surface area contributed by atoms with Crippen LogP contribution in [-0.4, -0.2) is 40.5 Å². The van der Waals surface area contributed by atoms with Gasteiger partial charge >= 0.3 is 0 Å². The molecule has 1 atom stereocenters.